The second-order valence-corrected chi connectivity index (χ2v) is 6.77. The summed E-state index contributed by atoms with van der Waals surface area (Å²) >= 11 is 0. The van der Waals surface area contributed by atoms with Gasteiger partial charge in [-0.15, -0.1) is 0 Å². The lowest BCUT2D eigenvalue weighted by Crippen LogP contribution is -2.59. The van der Waals surface area contributed by atoms with E-state index in [0.717, 1.165) is 12.2 Å². The minimum atomic E-state index is -0.418. The van der Waals surface area contributed by atoms with Crippen LogP contribution >= 0.6 is 0 Å². The van der Waals surface area contributed by atoms with Gasteiger partial charge < -0.3 is 14.5 Å². The van der Waals surface area contributed by atoms with Crippen LogP contribution in [0.15, 0.2) is 60.7 Å². The molecule has 0 aromatic heterocycles. The van der Waals surface area contributed by atoms with E-state index >= 15 is 0 Å². The molecule has 1 aliphatic rings. The molecular formula is C22H26N2O3. The lowest BCUT2D eigenvalue weighted by Gasteiger charge is -2.38. The first-order valence-corrected chi connectivity index (χ1v) is 9.45. The van der Waals surface area contributed by atoms with Gasteiger partial charge in [0.1, 0.15) is 11.8 Å². The fourth-order valence-corrected chi connectivity index (χ4v) is 3.30. The summed E-state index contributed by atoms with van der Waals surface area (Å²) in [5.41, 5.74) is 1.17. The molecule has 2 aromatic rings. The maximum absolute atomic E-state index is 12.7. The van der Waals surface area contributed by atoms with Crippen LogP contribution in [-0.4, -0.2) is 53.9 Å². The van der Waals surface area contributed by atoms with E-state index in [4.69, 9.17) is 4.74 Å². The number of hydrogen-bond acceptors (Lipinski definition) is 3. The number of carbonyl (C=O) groups is 2. The van der Waals surface area contributed by atoms with Crippen LogP contribution in [0.5, 0.6) is 5.75 Å². The van der Waals surface area contributed by atoms with E-state index in [1.165, 1.54) is 5.56 Å². The van der Waals surface area contributed by atoms with Gasteiger partial charge >= 0.3 is 0 Å². The van der Waals surface area contributed by atoms with Crippen molar-refractivity contribution in [3.8, 4) is 5.75 Å². The van der Waals surface area contributed by atoms with Crippen LogP contribution in [0.2, 0.25) is 0 Å². The molecular weight excluding hydrogens is 340 g/mol. The van der Waals surface area contributed by atoms with Gasteiger partial charge in [-0.2, -0.15) is 0 Å². The van der Waals surface area contributed by atoms with Crippen LogP contribution in [0.25, 0.3) is 0 Å². The van der Waals surface area contributed by atoms with Crippen molar-refractivity contribution in [1.29, 1.82) is 0 Å². The molecule has 1 atom stereocenters. The Morgan fingerprint density at radius 2 is 1.63 bits per heavy atom. The number of carbonyl (C=O) groups excluding carboxylic acids is 2. The van der Waals surface area contributed by atoms with Crippen molar-refractivity contribution in [2.24, 2.45) is 0 Å². The Morgan fingerprint density at radius 1 is 0.963 bits per heavy atom. The summed E-state index contributed by atoms with van der Waals surface area (Å²) in [6, 6.07) is 19.2. The van der Waals surface area contributed by atoms with Crippen molar-refractivity contribution < 1.29 is 14.3 Å². The number of benzene rings is 2. The minimum absolute atomic E-state index is 0.00914. The molecule has 1 saturated heterocycles. The molecule has 2 amide bonds. The van der Waals surface area contributed by atoms with Crippen molar-refractivity contribution in [3.05, 3.63) is 66.2 Å². The molecule has 2 aromatic carbocycles. The van der Waals surface area contributed by atoms with E-state index in [1.54, 1.807) is 9.80 Å². The Labute approximate surface area is 160 Å². The van der Waals surface area contributed by atoms with Gasteiger partial charge in [-0.05, 0) is 37.5 Å². The standard InChI is InChI=1S/C22H26N2O3/c1-18-22(26)23(15-13-19-9-4-2-5-10-19)17-21(25)24(18)14-8-16-27-20-11-6-3-7-12-20/h2-7,9-12,18H,8,13-17H2,1H3/t18-/m0/s1. The zero-order valence-electron chi connectivity index (χ0n) is 15.7. The van der Waals surface area contributed by atoms with Crippen molar-refractivity contribution in [1.82, 2.24) is 9.80 Å². The molecule has 0 bridgehead atoms. The molecule has 1 heterocycles. The Hall–Kier alpha value is -2.82. The maximum Gasteiger partial charge on any atom is 0.245 e. The third-order valence-electron chi connectivity index (χ3n) is 4.85. The summed E-state index contributed by atoms with van der Waals surface area (Å²) in [6.07, 6.45) is 1.46. The van der Waals surface area contributed by atoms with E-state index < -0.39 is 6.04 Å². The molecule has 1 aliphatic heterocycles. The van der Waals surface area contributed by atoms with Crippen molar-refractivity contribution >= 4 is 11.8 Å². The summed E-state index contributed by atoms with van der Waals surface area (Å²) in [6.45, 7) is 3.60. The van der Waals surface area contributed by atoms with E-state index in [9.17, 15) is 9.59 Å². The summed E-state index contributed by atoms with van der Waals surface area (Å²) in [4.78, 5) is 28.5. The minimum Gasteiger partial charge on any atom is -0.494 e. The molecule has 0 saturated carbocycles. The molecule has 0 spiro atoms. The van der Waals surface area contributed by atoms with Gasteiger partial charge in [0.15, 0.2) is 0 Å². The monoisotopic (exact) mass is 366 g/mol. The second kappa shape index (κ2) is 9.21. The Balaban J connectivity index is 1.46. The van der Waals surface area contributed by atoms with E-state index in [1.807, 2.05) is 67.6 Å². The molecule has 5 nitrogen and oxygen atoms in total. The smallest absolute Gasteiger partial charge is 0.245 e. The van der Waals surface area contributed by atoms with Gasteiger partial charge in [0.25, 0.3) is 0 Å². The molecule has 3 rings (SSSR count). The van der Waals surface area contributed by atoms with E-state index in [-0.39, 0.29) is 18.4 Å². The third-order valence-corrected chi connectivity index (χ3v) is 4.85. The first kappa shape index (κ1) is 19.0. The van der Waals surface area contributed by atoms with Crippen molar-refractivity contribution in [2.75, 3.05) is 26.2 Å². The summed E-state index contributed by atoms with van der Waals surface area (Å²) in [5.74, 6) is 0.850. The van der Waals surface area contributed by atoms with Crippen LogP contribution in [0.4, 0.5) is 0 Å². The van der Waals surface area contributed by atoms with Crippen LogP contribution in [0.1, 0.15) is 18.9 Å². The first-order chi connectivity index (χ1) is 13.1. The highest BCUT2D eigenvalue weighted by Crippen LogP contribution is 2.15. The van der Waals surface area contributed by atoms with Gasteiger partial charge in [0.05, 0.1) is 13.2 Å². The number of para-hydroxylation sites is 1. The van der Waals surface area contributed by atoms with E-state index in [2.05, 4.69) is 0 Å². The summed E-state index contributed by atoms with van der Waals surface area (Å²) in [7, 11) is 0. The van der Waals surface area contributed by atoms with Gasteiger partial charge in [0.2, 0.25) is 11.8 Å². The number of rotatable bonds is 8. The summed E-state index contributed by atoms with van der Waals surface area (Å²) in [5, 5.41) is 0. The van der Waals surface area contributed by atoms with Gasteiger partial charge in [-0.25, -0.2) is 0 Å². The highest BCUT2D eigenvalue weighted by molar-refractivity contribution is 5.94. The first-order valence-electron chi connectivity index (χ1n) is 9.45. The maximum atomic E-state index is 12.7. The molecule has 27 heavy (non-hydrogen) atoms. The normalized spacial score (nSPS) is 17.3. The van der Waals surface area contributed by atoms with Crippen LogP contribution in [0.3, 0.4) is 0 Å². The summed E-state index contributed by atoms with van der Waals surface area (Å²) < 4.78 is 5.67. The molecule has 0 unspecified atom stereocenters. The zero-order valence-corrected chi connectivity index (χ0v) is 15.7. The number of hydrogen-bond donors (Lipinski definition) is 0. The van der Waals surface area contributed by atoms with Crippen LogP contribution in [0, 0.1) is 0 Å². The van der Waals surface area contributed by atoms with Gasteiger partial charge in [0, 0.05) is 13.1 Å². The highest BCUT2D eigenvalue weighted by atomic mass is 16.5. The lowest BCUT2D eigenvalue weighted by atomic mass is 10.1. The molecule has 0 N–H and O–H groups in total. The topological polar surface area (TPSA) is 49.9 Å². The predicted molar refractivity (Wildman–Crippen MR) is 104 cm³/mol. The van der Waals surface area contributed by atoms with Crippen molar-refractivity contribution in [2.45, 2.75) is 25.8 Å². The van der Waals surface area contributed by atoms with Crippen LogP contribution < -0.4 is 4.74 Å². The Kier molecular flexibility index (Phi) is 6.47. The van der Waals surface area contributed by atoms with Gasteiger partial charge in [-0.3, -0.25) is 9.59 Å². The quantitative estimate of drug-likeness (QED) is 0.675. The second-order valence-electron chi connectivity index (χ2n) is 6.77. The molecule has 142 valence electrons. The number of piperazine rings is 1. The van der Waals surface area contributed by atoms with Crippen LogP contribution in [-0.2, 0) is 16.0 Å². The molecule has 0 aliphatic carbocycles. The SMILES string of the molecule is C[C@H]1C(=O)N(CCc2ccccc2)CC(=O)N1CCCOc1ccccc1. The average Bonchev–Trinajstić information content (AvgIpc) is 2.70. The fraction of sp³-hybridized carbons (Fsp3) is 0.364. The molecule has 5 heteroatoms. The van der Waals surface area contributed by atoms with Crippen molar-refractivity contribution in [3.63, 3.8) is 0 Å². The number of nitrogens with zero attached hydrogens (tertiary/aromatic N) is 2. The Bertz CT molecular complexity index is 749. The highest BCUT2D eigenvalue weighted by Gasteiger charge is 2.35. The Morgan fingerprint density at radius 3 is 2.33 bits per heavy atom. The van der Waals surface area contributed by atoms with Gasteiger partial charge in [-0.1, -0.05) is 48.5 Å². The third kappa shape index (κ3) is 5.09. The van der Waals surface area contributed by atoms with E-state index in [0.29, 0.717) is 26.1 Å². The average molecular weight is 366 g/mol. The predicted octanol–water partition coefficient (Wildman–Crippen LogP) is 2.76. The molecule has 1 fully saturated rings. The zero-order chi connectivity index (χ0) is 19.1. The fourth-order valence-electron chi connectivity index (χ4n) is 3.30. The number of amides is 2. The lowest BCUT2D eigenvalue weighted by molar-refractivity contribution is -0.155. The largest absolute Gasteiger partial charge is 0.494 e. The molecule has 0 radical (unpaired) electrons. The number of ether oxygens (including phenoxy) is 1.